The monoisotopic (exact) mass is 312 g/mol. The van der Waals surface area contributed by atoms with Crippen molar-refractivity contribution in [2.45, 2.75) is 19.0 Å². The first-order chi connectivity index (χ1) is 8.58. The fraction of sp³-hybridized carbons (Fsp3) is 0.462. The molecule has 1 aromatic rings. The van der Waals surface area contributed by atoms with Gasteiger partial charge in [0, 0.05) is 10.5 Å². The third-order valence-electron chi connectivity index (χ3n) is 3.17. The number of halogens is 1. The maximum atomic E-state index is 12.0. The van der Waals surface area contributed by atoms with E-state index in [4.69, 9.17) is 10.5 Å². The van der Waals surface area contributed by atoms with E-state index in [-0.39, 0.29) is 23.9 Å². The van der Waals surface area contributed by atoms with E-state index >= 15 is 0 Å². The molecule has 3 unspecified atom stereocenters. The van der Waals surface area contributed by atoms with Crippen molar-refractivity contribution >= 4 is 21.8 Å². The molecule has 1 aliphatic heterocycles. The highest BCUT2D eigenvalue weighted by atomic mass is 79.9. The van der Waals surface area contributed by atoms with Crippen LogP contribution in [0.3, 0.4) is 0 Å². The van der Waals surface area contributed by atoms with Gasteiger partial charge in [0.1, 0.15) is 0 Å². The lowest BCUT2D eigenvalue weighted by atomic mass is 10.0. The van der Waals surface area contributed by atoms with E-state index in [0.717, 1.165) is 10.0 Å². The lowest BCUT2D eigenvalue weighted by Gasteiger charge is -2.19. The van der Waals surface area contributed by atoms with E-state index < -0.39 is 0 Å². The fourth-order valence-electron chi connectivity index (χ4n) is 2.02. The van der Waals surface area contributed by atoms with E-state index in [0.29, 0.717) is 13.2 Å². The van der Waals surface area contributed by atoms with E-state index in [1.807, 2.05) is 31.2 Å². The highest BCUT2D eigenvalue weighted by Gasteiger charge is 2.31. The van der Waals surface area contributed by atoms with Crippen LogP contribution in [0.2, 0.25) is 0 Å². The molecule has 0 aliphatic carbocycles. The van der Waals surface area contributed by atoms with Crippen molar-refractivity contribution in [3.8, 4) is 0 Å². The molecule has 3 N–H and O–H groups in total. The summed E-state index contributed by atoms with van der Waals surface area (Å²) in [6.45, 7) is 2.84. The molecule has 1 aliphatic rings. The molecule has 18 heavy (non-hydrogen) atoms. The van der Waals surface area contributed by atoms with Gasteiger partial charge >= 0.3 is 0 Å². The van der Waals surface area contributed by atoms with Crippen LogP contribution in [-0.4, -0.2) is 25.2 Å². The molecule has 98 valence electrons. The van der Waals surface area contributed by atoms with Crippen LogP contribution in [0.5, 0.6) is 0 Å². The molecule has 0 aromatic heterocycles. The number of nitrogens with two attached hydrogens (primary N) is 1. The summed E-state index contributed by atoms with van der Waals surface area (Å²) in [7, 11) is 0. The molecule has 0 bridgehead atoms. The summed E-state index contributed by atoms with van der Waals surface area (Å²) >= 11 is 3.42. The molecule has 1 fully saturated rings. The Balaban J connectivity index is 1.98. The van der Waals surface area contributed by atoms with Crippen molar-refractivity contribution in [1.82, 2.24) is 5.32 Å². The Morgan fingerprint density at radius 2 is 2.33 bits per heavy atom. The van der Waals surface area contributed by atoms with Gasteiger partial charge in [-0.2, -0.15) is 0 Å². The Labute approximate surface area is 115 Å². The zero-order chi connectivity index (χ0) is 13.1. The highest BCUT2D eigenvalue weighted by molar-refractivity contribution is 9.10. The summed E-state index contributed by atoms with van der Waals surface area (Å²) in [5.41, 5.74) is 6.89. The predicted octanol–water partition coefficient (Wildman–Crippen LogP) is 1.60. The lowest BCUT2D eigenvalue weighted by molar-refractivity contribution is -0.125. The summed E-state index contributed by atoms with van der Waals surface area (Å²) in [4.78, 5) is 12.0. The Morgan fingerprint density at radius 1 is 1.56 bits per heavy atom. The van der Waals surface area contributed by atoms with Gasteiger partial charge in [-0.15, -0.1) is 0 Å². The minimum Gasteiger partial charge on any atom is -0.379 e. The van der Waals surface area contributed by atoms with Crippen LogP contribution in [-0.2, 0) is 9.53 Å². The number of hydrogen-bond donors (Lipinski definition) is 2. The maximum Gasteiger partial charge on any atom is 0.227 e. The lowest BCUT2D eigenvalue weighted by Crippen LogP contribution is -2.41. The van der Waals surface area contributed by atoms with Crippen LogP contribution in [0.15, 0.2) is 28.7 Å². The minimum atomic E-state index is -0.236. The second kappa shape index (κ2) is 5.82. The van der Waals surface area contributed by atoms with Gasteiger partial charge in [0.05, 0.1) is 25.2 Å². The molecule has 1 aromatic carbocycles. The van der Waals surface area contributed by atoms with Crippen molar-refractivity contribution in [2.75, 3.05) is 13.2 Å². The number of rotatable bonds is 3. The summed E-state index contributed by atoms with van der Waals surface area (Å²) in [6.07, 6.45) is 0. The third-order valence-corrected chi connectivity index (χ3v) is 3.66. The van der Waals surface area contributed by atoms with Crippen molar-refractivity contribution in [3.05, 3.63) is 34.3 Å². The van der Waals surface area contributed by atoms with Gasteiger partial charge in [0.15, 0.2) is 0 Å². The van der Waals surface area contributed by atoms with Gasteiger partial charge in [0.2, 0.25) is 5.91 Å². The minimum absolute atomic E-state index is 0.0347. The van der Waals surface area contributed by atoms with Crippen molar-refractivity contribution in [3.63, 3.8) is 0 Å². The van der Waals surface area contributed by atoms with Gasteiger partial charge in [-0.1, -0.05) is 28.1 Å². The van der Waals surface area contributed by atoms with Crippen LogP contribution >= 0.6 is 15.9 Å². The van der Waals surface area contributed by atoms with Gasteiger partial charge in [-0.05, 0) is 24.6 Å². The van der Waals surface area contributed by atoms with Gasteiger partial charge in [0.25, 0.3) is 0 Å². The van der Waals surface area contributed by atoms with E-state index in [2.05, 4.69) is 21.2 Å². The molecule has 0 radical (unpaired) electrons. The van der Waals surface area contributed by atoms with Crippen LogP contribution in [0.4, 0.5) is 0 Å². The predicted molar refractivity (Wildman–Crippen MR) is 73.0 cm³/mol. The molecule has 2 rings (SSSR count). The first-order valence-corrected chi connectivity index (χ1v) is 6.76. The van der Waals surface area contributed by atoms with E-state index in [9.17, 15) is 4.79 Å². The highest BCUT2D eigenvalue weighted by Crippen LogP contribution is 2.19. The topological polar surface area (TPSA) is 64.3 Å². The van der Waals surface area contributed by atoms with Crippen molar-refractivity contribution in [2.24, 2.45) is 11.7 Å². The number of nitrogens with one attached hydrogen (secondary N) is 1. The van der Waals surface area contributed by atoms with Crippen LogP contribution < -0.4 is 11.1 Å². The molecule has 4 nitrogen and oxygen atoms in total. The quantitative estimate of drug-likeness (QED) is 0.891. The zero-order valence-corrected chi connectivity index (χ0v) is 11.8. The van der Waals surface area contributed by atoms with E-state index in [1.54, 1.807) is 0 Å². The van der Waals surface area contributed by atoms with Gasteiger partial charge < -0.3 is 15.8 Å². The Hall–Kier alpha value is -0.910. The zero-order valence-electron chi connectivity index (χ0n) is 10.2. The Kier molecular flexibility index (Phi) is 4.37. The number of hydrogen-bond acceptors (Lipinski definition) is 3. The third kappa shape index (κ3) is 3.10. The van der Waals surface area contributed by atoms with Crippen molar-refractivity contribution in [1.29, 1.82) is 0 Å². The summed E-state index contributed by atoms with van der Waals surface area (Å²) in [6, 6.07) is 7.66. The second-order valence-corrected chi connectivity index (χ2v) is 5.51. The number of carbonyl (C=O) groups excluding carboxylic acids is 1. The SMILES string of the molecule is CC(NC(=O)C1COCC1N)c1cccc(Br)c1. The van der Waals surface area contributed by atoms with Gasteiger partial charge in [-0.25, -0.2) is 0 Å². The Bertz CT molecular complexity index is 439. The summed E-state index contributed by atoms with van der Waals surface area (Å²) in [5.74, 6) is -0.271. The first-order valence-electron chi connectivity index (χ1n) is 5.97. The molecule has 1 heterocycles. The average Bonchev–Trinajstić information content (AvgIpc) is 2.75. The number of benzene rings is 1. The first kappa shape index (κ1) is 13.5. The van der Waals surface area contributed by atoms with Crippen LogP contribution in [0.25, 0.3) is 0 Å². The second-order valence-electron chi connectivity index (χ2n) is 4.59. The smallest absolute Gasteiger partial charge is 0.227 e. The molecule has 0 saturated carbocycles. The molecule has 0 spiro atoms. The normalized spacial score (nSPS) is 24.8. The fourth-order valence-corrected chi connectivity index (χ4v) is 2.44. The number of carbonyl (C=O) groups is 1. The molecule has 3 atom stereocenters. The van der Waals surface area contributed by atoms with E-state index in [1.165, 1.54) is 0 Å². The van der Waals surface area contributed by atoms with Crippen molar-refractivity contribution < 1.29 is 9.53 Å². The summed E-state index contributed by atoms with van der Waals surface area (Å²) < 4.78 is 6.21. The van der Waals surface area contributed by atoms with Crippen LogP contribution in [0.1, 0.15) is 18.5 Å². The van der Waals surface area contributed by atoms with Crippen LogP contribution in [0, 0.1) is 5.92 Å². The largest absolute Gasteiger partial charge is 0.379 e. The molecular formula is C13H17BrN2O2. The molecule has 1 saturated heterocycles. The van der Waals surface area contributed by atoms with Gasteiger partial charge in [-0.3, -0.25) is 4.79 Å². The molecule has 5 heteroatoms. The average molecular weight is 313 g/mol. The maximum absolute atomic E-state index is 12.0. The standard InChI is InChI=1S/C13H17BrN2O2/c1-8(9-3-2-4-10(14)5-9)16-13(17)11-6-18-7-12(11)15/h2-5,8,11-12H,6-7,15H2,1H3,(H,16,17). The Morgan fingerprint density at radius 3 is 2.94 bits per heavy atom. The molecule has 1 amide bonds. The summed E-state index contributed by atoms with van der Waals surface area (Å²) in [5, 5.41) is 2.98. The molecular weight excluding hydrogens is 296 g/mol. The number of ether oxygens (including phenoxy) is 1. The number of amides is 1.